The molecule has 1 fully saturated rings. The molecule has 114 valence electrons. The lowest BCUT2D eigenvalue weighted by molar-refractivity contribution is 0.0692. The normalized spacial score (nSPS) is 15.0. The molecule has 1 aliphatic carbocycles. The van der Waals surface area contributed by atoms with Gasteiger partial charge in [-0.1, -0.05) is 12.8 Å². The van der Waals surface area contributed by atoms with Crippen LogP contribution in [0.4, 0.5) is 14.9 Å². The van der Waals surface area contributed by atoms with Gasteiger partial charge in [-0.15, -0.1) is 0 Å². The minimum absolute atomic E-state index is 0.251. The molecule has 6 heteroatoms. The number of hydrogen-bond acceptors (Lipinski definition) is 2. The molecule has 0 atom stereocenters. The number of nitrogens with zero attached hydrogens (tertiary/aromatic N) is 1. The fraction of sp³-hybridized carbons (Fsp3) is 0.467. The summed E-state index contributed by atoms with van der Waals surface area (Å²) in [4.78, 5) is 24.3. The van der Waals surface area contributed by atoms with Gasteiger partial charge in [0.2, 0.25) is 0 Å². The number of benzene rings is 1. The highest BCUT2D eigenvalue weighted by Crippen LogP contribution is 2.25. The highest BCUT2D eigenvalue weighted by atomic mass is 19.1. The van der Waals surface area contributed by atoms with Gasteiger partial charge in [0, 0.05) is 19.3 Å². The van der Waals surface area contributed by atoms with Crippen LogP contribution in [0.15, 0.2) is 18.2 Å². The Morgan fingerprint density at radius 2 is 2.05 bits per heavy atom. The third-order valence-electron chi connectivity index (χ3n) is 3.80. The molecule has 21 heavy (non-hydrogen) atoms. The summed E-state index contributed by atoms with van der Waals surface area (Å²) in [6.07, 6.45) is 4.70. The first kappa shape index (κ1) is 15.3. The molecule has 0 unspecified atom stereocenters. The maximum atomic E-state index is 13.5. The third-order valence-corrected chi connectivity index (χ3v) is 3.80. The molecule has 0 heterocycles. The third kappa shape index (κ3) is 3.93. The van der Waals surface area contributed by atoms with Gasteiger partial charge in [-0.3, -0.25) is 0 Å². The number of hydrogen-bond donors (Lipinski definition) is 2. The van der Waals surface area contributed by atoms with Crippen LogP contribution < -0.4 is 5.32 Å². The van der Waals surface area contributed by atoms with Crippen LogP contribution in [0.2, 0.25) is 0 Å². The van der Waals surface area contributed by atoms with Crippen LogP contribution in [-0.2, 0) is 0 Å². The number of halogens is 1. The Hall–Kier alpha value is -2.11. The first-order chi connectivity index (χ1) is 9.97. The van der Waals surface area contributed by atoms with Crippen molar-refractivity contribution < 1.29 is 19.1 Å². The molecule has 0 spiro atoms. The van der Waals surface area contributed by atoms with Crippen LogP contribution in [0.25, 0.3) is 0 Å². The van der Waals surface area contributed by atoms with Crippen molar-refractivity contribution >= 4 is 17.7 Å². The van der Waals surface area contributed by atoms with Crippen molar-refractivity contribution in [3.05, 3.63) is 29.6 Å². The predicted molar refractivity (Wildman–Crippen MR) is 77.0 cm³/mol. The minimum atomic E-state index is -1.33. The molecule has 0 radical (unpaired) electrons. The Morgan fingerprint density at radius 1 is 1.38 bits per heavy atom. The lowest BCUT2D eigenvalue weighted by Crippen LogP contribution is -2.34. The van der Waals surface area contributed by atoms with Gasteiger partial charge in [0.15, 0.2) is 0 Å². The number of carbonyl (C=O) groups is 2. The fourth-order valence-electron chi connectivity index (χ4n) is 2.65. The Balaban J connectivity index is 1.95. The molecule has 0 saturated heterocycles. The lowest BCUT2D eigenvalue weighted by Gasteiger charge is -2.21. The Labute approximate surface area is 122 Å². The number of carbonyl (C=O) groups excluding carboxylic acids is 1. The van der Waals surface area contributed by atoms with Crippen LogP contribution in [-0.4, -0.2) is 35.6 Å². The van der Waals surface area contributed by atoms with Crippen molar-refractivity contribution in [3.63, 3.8) is 0 Å². The van der Waals surface area contributed by atoms with Gasteiger partial charge in [-0.25, -0.2) is 14.0 Å². The molecule has 2 rings (SSSR count). The van der Waals surface area contributed by atoms with Gasteiger partial charge >= 0.3 is 12.0 Å². The lowest BCUT2D eigenvalue weighted by atomic mass is 10.1. The van der Waals surface area contributed by atoms with E-state index in [2.05, 4.69) is 5.32 Å². The van der Waals surface area contributed by atoms with Gasteiger partial charge in [-0.05, 0) is 37.0 Å². The zero-order valence-corrected chi connectivity index (χ0v) is 11.9. The standard InChI is InChI=1S/C15H19FN2O3/c1-18(9-10-4-2-3-5-10)15(21)17-11-6-7-12(14(19)20)13(16)8-11/h6-8,10H,2-5,9H2,1H3,(H,17,21)(H,19,20). The molecular formula is C15H19FN2O3. The molecule has 1 aliphatic rings. The average molecular weight is 294 g/mol. The summed E-state index contributed by atoms with van der Waals surface area (Å²) < 4.78 is 13.5. The zero-order valence-electron chi connectivity index (χ0n) is 11.9. The number of carboxylic acids is 1. The highest BCUT2D eigenvalue weighted by molar-refractivity contribution is 5.91. The first-order valence-electron chi connectivity index (χ1n) is 7.02. The molecule has 1 aromatic rings. The van der Waals surface area contributed by atoms with E-state index >= 15 is 0 Å². The summed E-state index contributed by atoms with van der Waals surface area (Å²) in [5.74, 6) is -1.66. The molecular weight excluding hydrogens is 275 g/mol. The highest BCUT2D eigenvalue weighted by Gasteiger charge is 2.20. The zero-order chi connectivity index (χ0) is 15.4. The molecule has 2 amide bonds. The van der Waals surface area contributed by atoms with Gasteiger partial charge in [0.05, 0.1) is 5.56 Å². The Kier molecular flexibility index (Phi) is 4.77. The van der Waals surface area contributed by atoms with E-state index in [1.807, 2.05) is 0 Å². The van der Waals surface area contributed by atoms with E-state index in [1.54, 1.807) is 11.9 Å². The number of urea groups is 1. The van der Waals surface area contributed by atoms with Crippen LogP contribution in [0, 0.1) is 11.7 Å². The quantitative estimate of drug-likeness (QED) is 0.896. The Morgan fingerprint density at radius 3 is 2.62 bits per heavy atom. The molecule has 0 bridgehead atoms. The monoisotopic (exact) mass is 294 g/mol. The topological polar surface area (TPSA) is 69.6 Å². The summed E-state index contributed by atoms with van der Waals surface area (Å²) in [7, 11) is 1.70. The van der Waals surface area contributed by atoms with E-state index in [-0.39, 0.29) is 11.7 Å². The van der Waals surface area contributed by atoms with E-state index in [4.69, 9.17) is 5.11 Å². The number of rotatable bonds is 4. The maximum Gasteiger partial charge on any atom is 0.338 e. The summed E-state index contributed by atoms with van der Waals surface area (Å²) in [6, 6.07) is 3.23. The molecule has 1 saturated carbocycles. The smallest absolute Gasteiger partial charge is 0.338 e. The van der Waals surface area contributed by atoms with E-state index in [1.165, 1.54) is 18.9 Å². The second kappa shape index (κ2) is 6.56. The number of aromatic carboxylic acids is 1. The van der Waals surface area contributed by atoms with Crippen molar-refractivity contribution in [3.8, 4) is 0 Å². The summed E-state index contributed by atoms with van der Waals surface area (Å²) in [5, 5.41) is 11.3. The molecule has 1 aromatic carbocycles. The average Bonchev–Trinajstić information content (AvgIpc) is 2.91. The van der Waals surface area contributed by atoms with Crippen LogP contribution >= 0.6 is 0 Å². The number of amides is 2. The van der Waals surface area contributed by atoms with Crippen molar-refractivity contribution in [2.24, 2.45) is 5.92 Å². The fourth-order valence-corrected chi connectivity index (χ4v) is 2.65. The first-order valence-corrected chi connectivity index (χ1v) is 7.02. The van der Waals surface area contributed by atoms with Gasteiger partial charge in [0.25, 0.3) is 0 Å². The number of anilines is 1. The second-order valence-corrected chi connectivity index (χ2v) is 5.46. The van der Waals surface area contributed by atoms with Crippen molar-refractivity contribution in [1.82, 2.24) is 4.90 Å². The van der Waals surface area contributed by atoms with Crippen molar-refractivity contribution in [2.45, 2.75) is 25.7 Å². The minimum Gasteiger partial charge on any atom is -0.478 e. The van der Waals surface area contributed by atoms with E-state index in [0.29, 0.717) is 12.5 Å². The second-order valence-electron chi connectivity index (χ2n) is 5.46. The summed E-state index contributed by atoms with van der Waals surface area (Å²) >= 11 is 0. The van der Waals surface area contributed by atoms with E-state index in [0.717, 1.165) is 25.0 Å². The number of carboxylic acid groups (broad SMARTS) is 1. The summed E-state index contributed by atoms with van der Waals surface area (Å²) in [5.41, 5.74) is -0.159. The SMILES string of the molecule is CN(CC1CCCC1)C(=O)Nc1ccc(C(=O)O)c(F)c1. The van der Waals surface area contributed by atoms with Gasteiger partial charge in [0.1, 0.15) is 5.82 Å². The Bertz CT molecular complexity index is 542. The van der Waals surface area contributed by atoms with Gasteiger partial charge in [-0.2, -0.15) is 0 Å². The van der Waals surface area contributed by atoms with Gasteiger partial charge < -0.3 is 15.3 Å². The van der Waals surface area contributed by atoms with Crippen LogP contribution in [0.5, 0.6) is 0 Å². The predicted octanol–water partition coefficient (Wildman–Crippen LogP) is 3.18. The van der Waals surface area contributed by atoms with Crippen molar-refractivity contribution in [2.75, 3.05) is 18.9 Å². The van der Waals surface area contributed by atoms with E-state index < -0.39 is 17.3 Å². The maximum absolute atomic E-state index is 13.5. The molecule has 2 N–H and O–H groups in total. The molecule has 0 aromatic heterocycles. The van der Waals surface area contributed by atoms with Crippen LogP contribution in [0.1, 0.15) is 36.0 Å². The molecule has 5 nitrogen and oxygen atoms in total. The summed E-state index contributed by atoms with van der Waals surface area (Å²) in [6.45, 7) is 0.682. The van der Waals surface area contributed by atoms with E-state index in [9.17, 15) is 14.0 Å². The molecule has 0 aliphatic heterocycles. The largest absolute Gasteiger partial charge is 0.478 e. The van der Waals surface area contributed by atoms with Crippen molar-refractivity contribution in [1.29, 1.82) is 0 Å². The van der Waals surface area contributed by atoms with Crippen LogP contribution in [0.3, 0.4) is 0 Å². The number of nitrogens with one attached hydrogen (secondary N) is 1.